The van der Waals surface area contributed by atoms with Crippen LogP contribution in [0.4, 0.5) is 5.82 Å². The molecule has 0 spiro atoms. The summed E-state index contributed by atoms with van der Waals surface area (Å²) in [5.74, 6) is 0.961. The summed E-state index contributed by atoms with van der Waals surface area (Å²) in [4.78, 5) is 6.99. The smallest absolute Gasteiger partial charge is 0.133 e. The van der Waals surface area contributed by atoms with Gasteiger partial charge in [-0.3, -0.25) is 0 Å². The van der Waals surface area contributed by atoms with Gasteiger partial charge in [0.25, 0.3) is 0 Å². The number of anilines is 1. The van der Waals surface area contributed by atoms with Crippen LogP contribution in [-0.2, 0) is 6.42 Å². The molecule has 0 aliphatic carbocycles. The summed E-state index contributed by atoms with van der Waals surface area (Å²) in [7, 11) is 0. The average Bonchev–Trinajstić information content (AvgIpc) is 2.47. The first-order valence-corrected chi connectivity index (χ1v) is 6.83. The van der Waals surface area contributed by atoms with Crippen LogP contribution in [0.2, 0.25) is 0 Å². The molecule has 0 unspecified atom stereocenters. The first-order chi connectivity index (χ1) is 9.26. The third-order valence-electron chi connectivity index (χ3n) is 3.50. The van der Waals surface area contributed by atoms with E-state index in [1.165, 1.54) is 0 Å². The SMILES string of the molecule is CCc1c(N(CC)CC)nc2ccccc2c1C#N. The molecule has 3 heteroatoms. The van der Waals surface area contributed by atoms with E-state index in [0.717, 1.165) is 47.4 Å². The molecule has 0 amide bonds. The number of aromatic nitrogens is 1. The molecule has 0 aliphatic rings. The van der Waals surface area contributed by atoms with E-state index in [-0.39, 0.29) is 0 Å². The monoisotopic (exact) mass is 253 g/mol. The summed E-state index contributed by atoms with van der Waals surface area (Å²) in [6.07, 6.45) is 0.826. The third kappa shape index (κ3) is 2.26. The third-order valence-corrected chi connectivity index (χ3v) is 3.50. The lowest BCUT2D eigenvalue weighted by Gasteiger charge is -2.24. The van der Waals surface area contributed by atoms with Crippen LogP contribution in [0.3, 0.4) is 0 Å². The minimum atomic E-state index is 0.773. The highest BCUT2D eigenvalue weighted by atomic mass is 15.2. The maximum absolute atomic E-state index is 9.50. The maximum Gasteiger partial charge on any atom is 0.133 e. The van der Waals surface area contributed by atoms with E-state index in [9.17, 15) is 5.26 Å². The molecule has 0 N–H and O–H groups in total. The van der Waals surface area contributed by atoms with Gasteiger partial charge in [0.15, 0.2) is 0 Å². The Morgan fingerprint density at radius 2 is 1.84 bits per heavy atom. The summed E-state index contributed by atoms with van der Waals surface area (Å²) in [6, 6.07) is 10.2. The molecule has 1 heterocycles. The van der Waals surface area contributed by atoms with Gasteiger partial charge in [-0.2, -0.15) is 5.26 Å². The molecule has 2 aromatic rings. The van der Waals surface area contributed by atoms with Gasteiger partial charge in [-0.05, 0) is 26.3 Å². The molecule has 0 saturated heterocycles. The molecule has 0 atom stereocenters. The summed E-state index contributed by atoms with van der Waals surface area (Å²) < 4.78 is 0. The molecule has 98 valence electrons. The number of hydrogen-bond acceptors (Lipinski definition) is 3. The van der Waals surface area contributed by atoms with E-state index < -0.39 is 0 Å². The summed E-state index contributed by atoms with van der Waals surface area (Å²) in [5.41, 5.74) is 2.73. The van der Waals surface area contributed by atoms with Crippen molar-refractivity contribution in [3.8, 4) is 6.07 Å². The van der Waals surface area contributed by atoms with E-state index >= 15 is 0 Å². The number of nitrogens with zero attached hydrogens (tertiary/aromatic N) is 3. The molecular formula is C16H19N3. The summed E-state index contributed by atoms with van der Waals surface area (Å²) in [5, 5.41) is 10.5. The Morgan fingerprint density at radius 3 is 2.42 bits per heavy atom. The zero-order chi connectivity index (χ0) is 13.8. The first-order valence-electron chi connectivity index (χ1n) is 6.83. The van der Waals surface area contributed by atoms with Gasteiger partial charge < -0.3 is 4.90 Å². The summed E-state index contributed by atoms with van der Waals surface area (Å²) >= 11 is 0. The highest BCUT2D eigenvalue weighted by molar-refractivity contribution is 5.88. The second-order valence-electron chi connectivity index (χ2n) is 4.44. The van der Waals surface area contributed by atoms with Gasteiger partial charge in [-0.1, -0.05) is 25.1 Å². The van der Waals surface area contributed by atoms with Crippen LogP contribution in [-0.4, -0.2) is 18.1 Å². The fraction of sp³-hybridized carbons (Fsp3) is 0.375. The van der Waals surface area contributed by atoms with Crippen LogP contribution in [0, 0.1) is 11.3 Å². The molecule has 0 saturated carbocycles. The Kier molecular flexibility index (Phi) is 4.01. The number of benzene rings is 1. The number of fused-ring (bicyclic) bond motifs is 1. The molecule has 0 fully saturated rings. The van der Waals surface area contributed by atoms with Crippen LogP contribution >= 0.6 is 0 Å². The van der Waals surface area contributed by atoms with E-state index in [1.807, 2.05) is 24.3 Å². The van der Waals surface area contributed by atoms with Crippen molar-refractivity contribution >= 4 is 16.7 Å². The standard InChI is InChI=1S/C16H19N3/c1-4-12-14(11-17)13-9-7-8-10-15(13)18-16(12)19(5-2)6-3/h7-10H,4-6H2,1-3H3. The first kappa shape index (κ1) is 13.4. The second-order valence-corrected chi connectivity index (χ2v) is 4.44. The molecule has 1 aromatic carbocycles. The van der Waals surface area contributed by atoms with Crippen molar-refractivity contribution in [1.29, 1.82) is 5.26 Å². The van der Waals surface area contributed by atoms with Gasteiger partial charge in [-0.25, -0.2) is 4.98 Å². The van der Waals surface area contributed by atoms with Crippen molar-refractivity contribution in [3.05, 3.63) is 35.4 Å². The molecule has 1 aromatic heterocycles. The van der Waals surface area contributed by atoms with Gasteiger partial charge in [0.1, 0.15) is 11.9 Å². The maximum atomic E-state index is 9.50. The number of nitriles is 1. The molecule has 3 nitrogen and oxygen atoms in total. The number of rotatable bonds is 4. The fourth-order valence-corrected chi connectivity index (χ4v) is 2.49. The summed E-state index contributed by atoms with van der Waals surface area (Å²) in [6.45, 7) is 8.12. The normalized spacial score (nSPS) is 10.4. The lowest BCUT2D eigenvalue weighted by Crippen LogP contribution is -2.24. The van der Waals surface area contributed by atoms with E-state index in [2.05, 4.69) is 31.7 Å². The van der Waals surface area contributed by atoms with Crippen molar-refractivity contribution in [2.75, 3.05) is 18.0 Å². The quantitative estimate of drug-likeness (QED) is 0.837. The minimum absolute atomic E-state index is 0.773. The Bertz CT molecular complexity index is 622. The number of para-hydroxylation sites is 1. The molecule has 0 radical (unpaired) electrons. The van der Waals surface area contributed by atoms with Crippen molar-refractivity contribution < 1.29 is 0 Å². The van der Waals surface area contributed by atoms with E-state index in [0.29, 0.717) is 0 Å². The van der Waals surface area contributed by atoms with Gasteiger partial charge in [0.05, 0.1) is 11.1 Å². The Balaban J connectivity index is 2.80. The molecule has 2 rings (SSSR count). The van der Waals surface area contributed by atoms with Crippen molar-refractivity contribution in [2.24, 2.45) is 0 Å². The predicted octanol–water partition coefficient (Wildman–Crippen LogP) is 3.52. The zero-order valence-corrected chi connectivity index (χ0v) is 11.8. The Labute approximate surface area is 114 Å². The number of hydrogen-bond donors (Lipinski definition) is 0. The Morgan fingerprint density at radius 1 is 1.16 bits per heavy atom. The molecule has 0 aliphatic heterocycles. The van der Waals surface area contributed by atoms with Crippen LogP contribution < -0.4 is 4.90 Å². The molecular weight excluding hydrogens is 234 g/mol. The number of pyridine rings is 1. The van der Waals surface area contributed by atoms with Crippen molar-refractivity contribution in [1.82, 2.24) is 4.98 Å². The van der Waals surface area contributed by atoms with Crippen molar-refractivity contribution in [3.63, 3.8) is 0 Å². The minimum Gasteiger partial charge on any atom is -0.357 e. The van der Waals surface area contributed by atoms with Crippen LogP contribution in [0.15, 0.2) is 24.3 Å². The lowest BCUT2D eigenvalue weighted by molar-refractivity contribution is 0.837. The second kappa shape index (κ2) is 5.71. The largest absolute Gasteiger partial charge is 0.357 e. The molecule has 0 bridgehead atoms. The van der Waals surface area contributed by atoms with E-state index in [1.54, 1.807) is 0 Å². The highest BCUT2D eigenvalue weighted by Gasteiger charge is 2.16. The van der Waals surface area contributed by atoms with Crippen molar-refractivity contribution in [2.45, 2.75) is 27.2 Å². The molecule has 19 heavy (non-hydrogen) atoms. The van der Waals surface area contributed by atoms with Gasteiger partial charge >= 0.3 is 0 Å². The fourth-order valence-electron chi connectivity index (χ4n) is 2.49. The van der Waals surface area contributed by atoms with E-state index in [4.69, 9.17) is 4.98 Å². The zero-order valence-electron chi connectivity index (χ0n) is 11.8. The van der Waals surface area contributed by atoms with Crippen LogP contribution in [0.1, 0.15) is 31.9 Å². The van der Waals surface area contributed by atoms with Gasteiger partial charge in [0, 0.05) is 24.0 Å². The van der Waals surface area contributed by atoms with Gasteiger partial charge in [-0.15, -0.1) is 0 Å². The predicted molar refractivity (Wildman–Crippen MR) is 79.4 cm³/mol. The average molecular weight is 253 g/mol. The topological polar surface area (TPSA) is 39.9 Å². The lowest BCUT2D eigenvalue weighted by atomic mass is 10.0. The van der Waals surface area contributed by atoms with Crippen LogP contribution in [0.5, 0.6) is 0 Å². The van der Waals surface area contributed by atoms with Crippen LogP contribution in [0.25, 0.3) is 10.9 Å². The Hall–Kier alpha value is -2.08. The highest BCUT2D eigenvalue weighted by Crippen LogP contribution is 2.28. The van der Waals surface area contributed by atoms with Gasteiger partial charge in [0.2, 0.25) is 0 Å².